The number of rotatable bonds is 34. The second-order valence-corrected chi connectivity index (χ2v) is 14.3. The summed E-state index contributed by atoms with van der Waals surface area (Å²) in [5.41, 5.74) is 0. The quantitative estimate of drug-likeness (QED) is 0.0490. The molecule has 0 heterocycles. The minimum Gasteiger partial charge on any atom is -1.00 e. The van der Waals surface area contributed by atoms with Crippen LogP contribution in [0.1, 0.15) is 219 Å². The van der Waals surface area contributed by atoms with Crippen molar-refractivity contribution in [3.05, 3.63) is 0 Å². The predicted molar refractivity (Wildman–Crippen MR) is 181 cm³/mol. The molecule has 0 rings (SSSR count). The molecule has 0 aliphatic carbocycles. The van der Waals surface area contributed by atoms with Crippen LogP contribution in [0, 0.1) is 0 Å². The molecule has 0 aliphatic heterocycles. The highest BCUT2D eigenvalue weighted by Gasteiger charge is 2.05. The fourth-order valence-electron chi connectivity index (χ4n) is 6.14. The molecule has 2 heteroatoms. The first kappa shape index (κ1) is 42.6. The van der Waals surface area contributed by atoms with Gasteiger partial charge in [-0.25, -0.2) is 0 Å². The van der Waals surface area contributed by atoms with Crippen LogP contribution in [0.25, 0.3) is 0 Å². The summed E-state index contributed by atoms with van der Waals surface area (Å²) in [4.78, 5) is 0. The lowest BCUT2D eigenvalue weighted by Gasteiger charge is -2.23. The van der Waals surface area contributed by atoms with E-state index in [-0.39, 0.29) is 17.0 Å². The van der Waals surface area contributed by atoms with Crippen LogP contribution >= 0.6 is 0 Å². The molecule has 0 radical (unpaired) electrons. The maximum atomic E-state index is 2.31. The Kier molecular flexibility index (Phi) is 37.9. The van der Waals surface area contributed by atoms with Gasteiger partial charge in [0, 0.05) is 0 Å². The van der Waals surface area contributed by atoms with Crippen molar-refractivity contribution in [1.29, 1.82) is 0 Å². The molecule has 0 saturated heterocycles. The topological polar surface area (TPSA) is 0 Å². The third-order valence-corrected chi connectivity index (χ3v) is 8.93. The molecule has 1 nitrogen and oxygen atoms in total. The molecule has 0 spiro atoms. The first-order valence-electron chi connectivity index (χ1n) is 18.9. The maximum absolute atomic E-state index is 2.31. The molecule has 0 N–H and O–H groups in total. The molecule has 0 fully saturated rings. The van der Waals surface area contributed by atoms with Gasteiger partial charge in [-0.1, -0.05) is 206 Å². The van der Waals surface area contributed by atoms with Crippen LogP contribution in [-0.2, 0) is 0 Å². The first-order valence-corrected chi connectivity index (χ1v) is 18.9. The maximum Gasteiger partial charge on any atom is 0.0780 e. The third kappa shape index (κ3) is 40.6. The molecule has 0 aromatic carbocycles. The Morgan fingerprint density at radius 1 is 0.250 bits per heavy atom. The van der Waals surface area contributed by atoms with Crippen molar-refractivity contribution in [2.45, 2.75) is 219 Å². The van der Waals surface area contributed by atoms with E-state index < -0.39 is 0 Å². The molecule has 0 unspecified atom stereocenters. The van der Waals surface area contributed by atoms with Crippen LogP contribution in [-0.4, -0.2) is 32.2 Å². The molecule has 0 aliphatic rings. The molecule has 244 valence electrons. The van der Waals surface area contributed by atoms with E-state index in [1.165, 1.54) is 218 Å². The van der Waals surface area contributed by atoms with Gasteiger partial charge in [0.1, 0.15) is 0 Å². The molecule has 0 bridgehead atoms. The summed E-state index contributed by atoms with van der Waals surface area (Å²) in [5.74, 6) is 0. The second kappa shape index (κ2) is 35.6. The lowest BCUT2D eigenvalue weighted by atomic mass is 10.0. The lowest BCUT2D eigenvalue weighted by Crippen LogP contribution is -3.00. The summed E-state index contributed by atoms with van der Waals surface area (Å²) in [6.07, 6.45) is 48.8. The first-order chi connectivity index (χ1) is 19.1. The minimum atomic E-state index is 0. The fraction of sp³-hybridized carbons (Fsp3) is 1.00. The largest absolute Gasteiger partial charge is 1.00 e. The van der Waals surface area contributed by atoms with E-state index in [9.17, 15) is 0 Å². The van der Waals surface area contributed by atoms with Gasteiger partial charge in [0.25, 0.3) is 0 Å². The van der Waals surface area contributed by atoms with Gasteiger partial charge in [-0.05, 0) is 12.8 Å². The van der Waals surface area contributed by atoms with Crippen LogP contribution in [0.5, 0.6) is 0 Å². The van der Waals surface area contributed by atoms with Crippen LogP contribution in [0.3, 0.4) is 0 Å². The van der Waals surface area contributed by atoms with Gasteiger partial charge >= 0.3 is 0 Å². The SMILES string of the molecule is CCCCCCCCCCCCCCCCCCCCCCCCCCCCCCCCCCC[N+](C)(C)C.[Br-]. The van der Waals surface area contributed by atoms with E-state index in [4.69, 9.17) is 0 Å². The summed E-state index contributed by atoms with van der Waals surface area (Å²) in [5, 5.41) is 0. The Balaban J connectivity index is 0. The molecular weight excluding hydrogens is 550 g/mol. The molecule has 40 heavy (non-hydrogen) atoms. The second-order valence-electron chi connectivity index (χ2n) is 14.3. The molecule has 0 saturated carbocycles. The molecule has 0 amide bonds. The van der Waals surface area contributed by atoms with Gasteiger partial charge in [-0.2, -0.15) is 0 Å². The van der Waals surface area contributed by atoms with E-state index in [2.05, 4.69) is 28.1 Å². The van der Waals surface area contributed by atoms with Crippen molar-refractivity contribution in [3.8, 4) is 0 Å². The van der Waals surface area contributed by atoms with Gasteiger partial charge in [-0.3, -0.25) is 0 Å². The van der Waals surface area contributed by atoms with E-state index in [0.29, 0.717) is 0 Å². The normalized spacial score (nSPS) is 11.7. The van der Waals surface area contributed by atoms with E-state index in [1.807, 2.05) is 0 Å². The standard InChI is InChI=1S/C38H80N.BrH/c1-5-6-7-8-9-10-11-12-13-14-15-16-17-18-19-20-21-22-23-24-25-26-27-28-29-30-31-32-33-34-35-36-37-38-39(2,3)4;/h5-38H2,1-4H3;1H/q+1;/p-1. The van der Waals surface area contributed by atoms with Crippen molar-refractivity contribution < 1.29 is 21.5 Å². The zero-order chi connectivity index (χ0) is 28.5. The van der Waals surface area contributed by atoms with Crippen LogP contribution < -0.4 is 17.0 Å². The van der Waals surface area contributed by atoms with E-state index >= 15 is 0 Å². The average molecular weight is 631 g/mol. The number of hydrogen-bond acceptors (Lipinski definition) is 0. The Bertz CT molecular complexity index is 430. The Hall–Kier alpha value is 0.440. The van der Waals surface area contributed by atoms with Crippen molar-refractivity contribution in [3.63, 3.8) is 0 Å². The van der Waals surface area contributed by atoms with Gasteiger partial charge in [0.15, 0.2) is 0 Å². The van der Waals surface area contributed by atoms with Crippen molar-refractivity contribution in [2.24, 2.45) is 0 Å². The van der Waals surface area contributed by atoms with E-state index in [0.717, 1.165) is 4.48 Å². The van der Waals surface area contributed by atoms with Crippen molar-refractivity contribution >= 4 is 0 Å². The average Bonchev–Trinajstić information content (AvgIpc) is 2.90. The van der Waals surface area contributed by atoms with Gasteiger partial charge in [0.2, 0.25) is 0 Å². The summed E-state index contributed by atoms with van der Waals surface area (Å²) in [6.45, 7) is 3.64. The van der Waals surface area contributed by atoms with Crippen molar-refractivity contribution in [1.82, 2.24) is 0 Å². The number of halogens is 1. The van der Waals surface area contributed by atoms with Crippen molar-refractivity contribution in [2.75, 3.05) is 27.7 Å². The highest BCUT2D eigenvalue weighted by molar-refractivity contribution is 4.53. The number of hydrogen-bond donors (Lipinski definition) is 0. The molecule has 0 atom stereocenters. The van der Waals surface area contributed by atoms with Gasteiger partial charge < -0.3 is 21.5 Å². The summed E-state index contributed by atoms with van der Waals surface area (Å²) < 4.78 is 1.12. The highest BCUT2D eigenvalue weighted by Crippen LogP contribution is 2.17. The Morgan fingerprint density at radius 3 is 0.550 bits per heavy atom. The third-order valence-electron chi connectivity index (χ3n) is 8.93. The summed E-state index contributed by atoms with van der Waals surface area (Å²) in [7, 11) is 6.93. The van der Waals surface area contributed by atoms with E-state index in [1.54, 1.807) is 0 Å². The van der Waals surface area contributed by atoms with Gasteiger partial charge in [-0.15, -0.1) is 0 Å². The molecule has 0 aromatic heterocycles. The predicted octanol–water partition coefficient (Wildman–Crippen LogP) is 10.6. The summed E-state index contributed by atoms with van der Waals surface area (Å²) in [6, 6.07) is 0. The highest BCUT2D eigenvalue weighted by atomic mass is 79.9. The minimum absolute atomic E-state index is 0. The number of unbranched alkanes of at least 4 members (excludes halogenated alkanes) is 32. The summed E-state index contributed by atoms with van der Waals surface area (Å²) >= 11 is 0. The molecule has 0 aromatic rings. The zero-order valence-corrected chi connectivity index (χ0v) is 30.5. The zero-order valence-electron chi connectivity index (χ0n) is 28.9. The van der Waals surface area contributed by atoms with Crippen LogP contribution in [0.2, 0.25) is 0 Å². The van der Waals surface area contributed by atoms with Gasteiger partial charge in [0.05, 0.1) is 27.7 Å². The number of quaternary nitrogens is 1. The lowest BCUT2D eigenvalue weighted by molar-refractivity contribution is -0.870. The Morgan fingerprint density at radius 2 is 0.400 bits per heavy atom. The Labute approximate surface area is 267 Å². The van der Waals surface area contributed by atoms with Crippen LogP contribution in [0.4, 0.5) is 0 Å². The van der Waals surface area contributed by atoms with Crippen LogP contribution in [0.15, 0.2) is 0 Å². The smallest absolute Gasteiger partial charge is 0.0780 e. The molecular formula is C38H80BrN. The monoisotopic (exact) mass is 630 g/mol. The fourth-order valence-corrected chi connectivity index (χ4v) is 6.14. The number of nitrogens with zero attached hydrogens (tertiary/aromatic N) is 1.